The molecule has 1 aliphatic rings. The molecule has 0 bridgehead atoms. The van der Waals surface area contributed by atoms with Gasteiger partial charge in [-0.1, -0.05) is 13.8 Å². The van der Waals surface area contributed by atoms with Gasteiger partial charge in [0, 0.05) is 29.8 Å². The Labute approximate surface area is 170 Å². The summed E-state index contributed by atoms with van der Waals surface area (Å²) in [7, 11) is 0. The first-order chi connectivity index (χ1) is 13.1. The number of H-pyrrole nitrogens is 1. The van der Waals surface area contributed by atoms with Crippen LogP contribution in [0.1, 0.15) is 72.0 Å². The van der Waals surface area contributed by atoms with Crippen LogP contribution in [0.25, 0.3) is 11.2 Å². The van der Waals surface area contributed by atoms with E-state index in [1.165, 1.54) is 6.33 Å². The molecule has 2 aromatic rings. The highest BCUT2D eigenvalue weighted by atomic mass is 35.5. The van der Waals surface area contributed by atoms with Gasteiger partial charge in [0.05, 0.1) is 0 Å². The molecular formula is C19H29ClN6O2. The largest absolute Gasteiger partial charge is 0.444 e. The molecule has 1 aliphatic carbocycles. The minimum Gasteiger partial charge on any atom is -0.444 e. The molecule has 1 saturated carbocycles. The van der Waals surface area contributed by atoms with Crippen LogP contribution in [-0.2, 0) is 4.74 Å². The number of alkyl carbamates (subject to hydrolysis) is 1. The van der Waals surface area contributed by atoms with Crippen molar-refractivity contribution in [2.45, 2.75) is 83.9 Å². The van der Waals surface area contributed by atoms with E-state index in [1.807, 2.05) is 20.8 Å². The number of nitrogens with zero attached hydrogens (tertiary/aromatic N) is 4. The van der Waals surface area contributed by atoms with E-state index >= 15 is 0 Å². The maximum absolute atomic E-state index is 12.1. The van der Waals surface area contributed by atoms with E-state index in [0.717, 1.165) is 37.0 Å². The number of hydrogen-bond acceptors (Lipinski definition) is 6. The van der Waals surface area contributed by atoms with Gasteiger partial charge in [0.1, 0.15) is 23.3 Å². The Balaban J connectivity index is 1.73. The number of halogens is 1. The molecule has 0 saturated heterocycles. The number of imidazole rings is 1. The number of ether oxygens (including phenoxy) is 1. The second-order valence-electron chi connectivity index (χ2n) is 8.65. The smallest absolute Gasteiger partial charge is 0.407 e. The van der Waals surface area contributed by atoms with Gasteiger partial charge in [0.15, 0.2) is 11.5 Å². The minimum absolute atomic E-state index is 0.0140. The molecule has 154 valence electrons. The van der Waals surface area contributed by atoms with Gasteiger partial charge < -0.3 is 15.0 Å². The maximum Gasteiger partial charge on any atom is 0.407 e. The van der Waals surface area contributed by atoms with Crippen LogP contribution in [0.2, 0.25) is 0 Å². The van der Waals surface area contributed by atoms with Crippen molar-refractivity contribution in [2.24, 2.45) is 0 Å². The van der Waals surface area contributed by atoms with Crippen molar-refractivity contribution < 1.29 is 9.53 Å². The zero-order valence-corrected chi connectivity index (χ0v) is 17.9. The monoisotopic (exact) mass is 408 g/mol. The van der Waals surface area contributed by atoms with Crippen molar-refractivity contribution >= 4 is 34.9 Å². The Morgan fingerprint density at radius 2 is 2.11 bits per heavy atom. The molecule has 2 aromatic heterocycles. The number of carbonyl (C=O) groups excluding carboxylic acids is 1. The first-order valence-corrected chi connectivity index (χ1v) is 10.1. The first-order valence-electron chi connectivity index (χ1n) is 9.79. The summed E-state index contributed by atoms with van der Waals surface area (Å²) < 4.78 is 7.04. The Morgan fingerprint density at radius 1 is 1.36 bits per heavy atom. The van der Waals surface area contributed by atoms with Crippen LogP contribution in [-0.4, -0.2) is 43.7 Å². The predicted octanol–water partition coefficient (Wildman–Crippen LogP) is 4.27. The summed E-state index contributed by atoms with van der Waals surface area (Å²) in [6, 6.07) is 0.0550. The topological polar surface area (TPSA) is 96.0 Å². The van der Waals surface area contributed by atoms with Crippen LogP contribution in [0, 0.1) is 0 Å². The molecule has 3 rings (SSSR count). The SMILES string of the molecule is CC(C)c1nc2ncnc(N(Cl)C3CCCC(NC(=O)OC(C)(C)C)C3)c2[nH]1. The number of nitrogens with one attached hydrogen (secondary N) is 2. The van der Waals surface area contributed by atoms with E-state index in [1.54, 1.807) is 4.42 Å². The molecule has 0 radical (unpaired) electrons. The summed E-state index contributed by atoms with van der Waals surface area (Å²) in [4.78, 5) is 28.6. The molecule has 0 spiro atoms. The maximum atomic E-state index is 12.1. The zero-order chi connectivity index (χ0) is 20.5. The Hall–Kier alpha value is -2.09. The molecule has 9 heteroatoms. The highest BCUT2D eigenvalue weighted by Crippen LogP contribution is 2.32. The number of aromatic nitrogens is 4. The van der Waals surface area contributed by atoms with Gasteiger partial charge in [-0.3, -0.25) is 4.42 Å². The van der Waals surface area contributed by atoms with Crippen molar-refractivity contribution in [3.63, 3.8) is 0 Å². The van der Waals surface area contributed by atoms with Gasteiger partial charge in [-0.25, -0.2) is 19.7 Å². The third kappa shape index (κ3) is 4.84. The van der Waals surface area contributed by atoms with Crippen molar-refractivity contribution in [2.75, 3.05) is 4.42 Å². The first kappa shape index (κ1) is 20.6. The van der Waals surface area contributed by atoms with Gasteiger partial charge in [-0.2, -0.15) is 0 Å². The van der Waals surface area contributed by atoms with Gasteiger partial charge in [-0.05, 0) is 46.5 Å². The fourth-order valence-electron chi connectivity index (χ4n) is 3.42. The van der Waals surface area contributed by atoms with Crippen LogP contribution in [0.5, 0.6) is 0 Å². The molecule has 1 amide bonds. The van der Waals surface area contributed by atoms with Crippen molar-refractivity contribution in [3.05, 3.63) is 12.2 Å². The van der Waals surface area contributed by atoms with E-state index < -0.39 is 5.60 Å². The van der Waals surface area contributed by atoms with Crippen molar-refractivity contribution in [1.29, 1.82) is 0 Å². The van der Waals surface area contributed by atoms with Gasteiger partial charge in [0.2, 0.25) is 0 Å². The van der Waals surface area contributed by atoms with E-state index in [9.17, 15) is 4.79 Å². The number of hydrogen-bond donors (Lipinski definition) is 2. The summed E-state index contributed by atoms with van der Waals surface area (Å²) in [5.74, 6) is 1.73. The van der Waals surface area contributed by atoms with E-state index in [0.29, 0.717) is 11.5 Å². The lowest BCUT2D eigenvalue weighted by Gasteiger charge is -2.34. The molecule has 2 N–H and O–H groups in total. The lowest BCUT2D eigenvalue weighted by Crippen LogP contribution is -2.45. The Bertz CT molecular complexity index is 831. The van der Waals surface area contributed by atoms with Gasteiger partial charge in [0.25, 0.3) is 0 Å². The van der Waals surface area contributed by atoms with E-state index in [-0.39, 0.29) is 24.1 Å². The molecule has 8 nitrogen and oxygen atoms in total. The summed E-state index contributed by atoms with van der Waals surface area (Å²) in [5.41, 5.74) is 0.833. The van der Waals surface area contributed by atoms with Crippen LogP contribution in [0.4, 0.5) is 10.6 Å². The third-order valence-corrected chi connectivity index (χ3v) is 5.16. The fourth-order valence-corrected chi connectivity index (χ4v) is 3.72. The van der Waals surface area contributed by atoms with Crippen molar-refractivity contribution in [1.82, 2.24) is 25.3 Å². The average molecular weight is 409 g/mol. The van der Waals surface area contributed by atoms with Gasteiger partial charge >= 0.3 is 6.09 Å². The zero-order valence-electron chi connectivity index (χ0n) is 17.1. The second kappa shape index (κ2) is 8.11. The molecule has 2 unspecified atom stereocenters. The number of fused-ring (bicyclic) bond motifs is 1. The number of aromatic amines is 1. The summed E-state index contributed by atoms with van der Waals surface area (Å²) in [6.07, 6.45) is 4.60. The normalized spacial score (nSPS) is 20.4. The highest BCUT2D eigenvalue weighted by Gasteiger charge is 2.30. The average Bonchev–Trinajstić information content (AvgIpc) is 3.04. The molecule has 28 heavy (non-hydrogen) atoms. The Morgan fingerprint density at radius 3 is 2.79 bits per heavy atom. The van der Waals surface area contributed by atoms with Crippen LogP contribution in [0.15, 0.2) is 6.33 Å². The van der Waals surface area contributed by atoms with Crippen LogP contribution < -0.4 is 9.74 Å². The lowest BCUT2D eigenvalue weighted by atomic mass is 9.91. The number of amides is 1. The van der Waals surface area contributed by atoms with E-state index in [4.69, 9.17) is 16.5 Å². The fraction of sp³-hybridized carbons (Fsp3) is 0.684. The molecule has 2 heterocycles. The summed E-state index contributed by atoms with van der Waals surface area (Å²) in [5, 5.41) is 2.97. The third-order valence-electron chi connectivity index (χ3n) is 4.72. The summed E-state index contributed by atoms with van der Waals surface area (Å²) in [6.45, 7) is 9.70. The van der Waals surface area contributed by atoms with Crippen molar-refractivity contribution in [3.8, 4) is 0 Å². The molecular weight excluding hydrogens is 380 g/mol. The lowest BCUT2D eigenvalue weighted by molar-refractivity contribution is 0.0491. The van der Waals surface area contributed by atoms with Crippen LogP contribution >= 0.6 is 11.8 Å². The number of anilines is 1. The molecule has 0 aliphatic heterocycles. The Kier molecular flexibility index (Phi) is 5.98. The number of carbonyl (C=O) groups is 1. The standard InChI is InChI=1S/C19H29ClN6O2/c1-11(2)15-24-14-16(25-15)21-10-22-17(14)26(20)13-8-6-7-12(9-13)23-18(27)28-19(3,4)5/h10-13H,6-9H2,1-5H3,(H,23,27)(H,21,22,24,25). The molecule has 1 fully saturated rings. The second-order valence-corrected chi connectivity index (χ2v) is 9.01. The van der Waals surface area contributed by atoms with Crippen LogP contribution in [0.3, 0.4) is 0 Å². The molecule has 0 aromatic carbocycles. The quantitative estimate of drug-likeness (QED) is 0.733. The predicted molar refractivity (Wildman–Crippen MR) is 110 cm³/mol. The highest BCUT2D eigenvalue weighted by molar-refractivity contribution is 6.27. The molecule has 2 atom stereocenters. The summed E-state index contributed by atoms with van der Waals surface area (Å²) >= 11 is 6.71. The van der Waals surface area contributed by atoms with Gasteiger partial charge in [-0.15, -0.1) is 0 Å². The van der Waals surface area contributed by atoms with E-state index in [2.05, 4.69) is 39.1 Å². The number of rotatable bonds is 4. The minimum atomic E-state index is -0.516.